The summed E-state index contributed by atoms with van der Waals surface area (Å²) in [5.41, 5.74) is 2.92. The molecule has 2 heteroatoms. The molecule has 3 rings (SSSR count). The summed E-state index contributed by atoms with van der Waals surface area (Å²) in [6.45, 7) is 3.50. The topological polar surface area (TPSA) is 32.3 Å². The molecule has 0 unspecified atom stereocenters. The predicted octanol–water partition coefficient (Wildman–Crippen LogP) is 3.59. The van der Waals surface area contributed by atoms with Crippen LogP contribution in [0.4, 0.5) is 0 Å². The molecule has 0 bridgehead atoms. The number of rotatable bonds is 5. The van der Waals surface area contributed by atoms with Crippen molar-refractivity contribution >= 4 is 0 Å². The van der Waals surface area contributed by atoms with Crippen molar-refractivity contribution in [3.8, 4) is 0 Å². The fraction of sp³-hybridized carbons (Fsp3) is 0.667. The van der Waals surface area contributed by atoms with E-state index >= 15 is 0 Å². The third-order valence-electron chi connectivity index (χ3n) is 5.26. The fourth-order valence-electron chi connectivity index (χ4n) is 3.48. The summed E-state index contributed by atoms with van der Waals surface area (Å²) in [4.78, 5) is 0. The van der Waals surface area contributed by atoms with Gasteiger partial charge in [-0.25, -0.2) is 0 Å². The second kappa shape index (κ2) is 5.87. The van der Waals surface area contributed by atoms with Gasteiger partial charge < -0.3 is 10.4 Å². The van der Waals surface area contributed by atoms with Gasteiger partial charge in [0.25, 0.3) is 0 Å². The molecule has 2 aliphatic carbocycles. The summed E-state index contributed by atoms with van der Waals surface area (Å²) in [5.74, 6) is 1.61. The highest BCUT2D eigenvalue weighted by Crippen LogP contribution is 2.41. The van der Waals surface area contributed by atoms with Crippen molar-refractivity contribution in [2.75, 3.05) is 6.61 Å². The molecule has 1 aromatic rings. The van der Waals surface area contributed by atoms with Crippen LogP contribution in [0.25, 0.3) is 0 Å². The molecule has 0 atom stereocenters. The lowest BCUT2D eigenvalue weighted by atomic mass is 9.77. The molecule has 0 aromatic heterocycles. The fourth-order valence-corrected chi connectivity index (χ4v) is 3.48. The van der Waals surface area contributed by atoms with Gasteiger partial charge in [-0.05, 0) is 61.5 Å². The van der Waals surface area contributed by atoms with Gasteiger partial charge in [-0.2, -0.15) is 0 Å². The first-order chi connectivity index (χ1) is 9.72. The van der Waals surface area contributed by atoms with E-state index in [1.165, 1.54) is 36.8 Å². The van der Waals surface area contributed by atoms with E-state index < -0.39 is 0 Å². The molecule has 110 valence electrons. The minimum Gasteiger partial charge on any atom is -0.394 e. The normalized spacial score (nSPS) is 30.4. The molecule has 2 nitrogen and oxygen atoms in total. The van der Waals surface area contributed by atoms with Crippen LogP contribution < -0.4 is 5.32 Å². The standard InChI is InChI=1S/C18H27NO/c1-14-8-10-18(13-20,11-9-14)19-12-16-4-2-3-5-17(16)15-6-7-15/h2-5,14-15,19-20H,6-13H2,1H3. The zero-order chi connectivity index (χ0) is 14.0. The average Bonchev–Trinajstić information content (AvgIpc) is 3.32. The summed E-state index contributed by atoms with van der Waals surface area (Å²) in [5, 5.41) is 13.5. The van der Waals surface area contributed by atoms with Gasteiger partial charge in [0, 0.05) is 12.1 Å². The second-order valence-corrected chi connectivity index (χ2v) is 6.95. The summed E-state index contributed by atoms with van der Waals surface area (Å²) in [6.07, 6.45) is 7.38. The van der Waals surface area contributed by atoms with Crippen molar-refractivity contribution in [1.82, 2.24) is 5.32 Å². The molecule has 1 aromatic carbocycles. The third-order valence-corrected chi connectivity index (χ3v) is 5.26. The summed E-state index contributed by atoms with van der Waals surface area (Å²) < 4.78 is 0. The van der Waals surface area contributed by atoms with Crippen LogP contribution in [0.5, 0.6) is 0 Å². The minimum atomic E-state index is -0.0385. The zero-order valence-corrected chi connectivity index (χ0v) is 12.6. The Labute approximate surface area is 122 Å². The van der Waals surface area contributed by atoms with Crippen molar-refractivity contribution < 1.29 is 5.11 Å². The number of hydrogen-bond acceptors (Lipinski definition) is 2. The van der Waals surface area contributed by atoms with Crippen molar-refractivity contribution in [1.29, 1.82) is 0 Å². The van der Waals surface area contributed by atoms with Gasteiger partial charge in [0.15, 0.2) is 0 Å². The lowest BCUT2D eigenvalue weighted by Gasteiger charge is -2.39. The number of benzene rings is 1. The highest BCUT2D eigenvalue weighted by atomic mass is 16.3. The maximum absolute atomic E-state index is 9.83. The Morgan fingerprint density at radius 2 is 1.85 bits per heavy atom. The van der Waals surface area contributed by atoms with Gasteiger partial charge in [-0.15, -0.1) is 0 Å². The first-order valence-corrected chi connectivity index (χ1v) is 8.16. The van der Waals surface area contributed by atoms with Crippen molar-refractivity contribution in [2.24, 2.45) is 5.92 Å². The van der Waals surface area contributed by atoms with Crippen molar-refractivity contribution in [2.45, 2.75) is 63.5 Å². The molecular weight excluding hydrogens is 246 g/mol. The Morgan fingerprint density at radius 1 is 1.15 bits per heavy atom. The van der Waals surface area contributed by atoms with Crippen LogP contribution in [-0.4, -0.2) is 17.3 Å². The Balaban J connectivity index is 1.66. The molecule has 0 aliphatic heterocycles. The second-order valence-electron chi connectivity index (χ2n) is 6.95. The monoisotopic (exact) mass is 273 g/mol. The van der Waals surface area contributed by atoms with Crippen LogP contribution in [0.3, 0.4) is 0 Å². The minimum absolute atomic E-state index is 0.0385. The van der Waals surface area contributed by atoms with Crippen LogP contribution in [0.15, 0.2) is 24.3 Å². The van der Waals surface area contributed by atoms with Crippen LogP contribution in [-0.2, 0) is 6.54 Å². The molecule has 0 radical (unpaired) electrons. The van der Waals surface area contributed by atoms with E-state index in [1.807, 2.05) is 0 Å². The van der Waals surface area contributed by atoms with E-state index in [9.17, 15) is 5.11 Å². The van der Waals surface area contributed by atoms with Gasteiger partial charge in [0.1, 0.15) is 0 Å². The smallest absolute Gasteiger partial charge is 0.0613 e. The first-order valence-electron chi connectivity index (χ1n) is 8.16. The molecule has 2 fully saturated rings. The van der Waals surface area contributed by atoms with Crippen LogP contribution >= 0.6 is 0 Å². The molecule has 2 aliphatic rings. The maximum Gasteiger partial charge on any atom is 0.0613 e. The lowest BCUT2D eigenvalue weighted by molar-refractivity contribution is 0.104. The Bertz CT molecular complexity index is 444. The van der Waals surface area contributed by atoms with E-state index in [0.29, 0.717) is 0 Å². The maximum atomic E-state index is 9.83. The van der Waals surface area contributed by atoms with Crippen molar-refractivity contribution in [3.63, 3.8) is 0 Å². The summed E-state index contributed by atoms with van der Waals surface area (Å²) in [6, 6.07) is 8.82. The SMILES string of the molecule is CC1CCC(CO)(NCc2ccccc2C2CC2)CC1. The van der Waals surface area contributed by atoms with Gasteiger partial charge in [0.05, 0.1) is 6.61 Å². The Morgan fingerprint density at radius 3 is 2.50 bits per heavy atom. The molecule has 2 N–H and O–H groups in total. The predicted molar refractivity (Wildman–Crippen MR) is 82.7 cm³/mol. The Hall–Kier alpha value is -0.860. The number of aliphatic hydroxyl groups is 1. The molecule has 20 heavy (non-hydrogen) atoms. The lowest BCUT2D eigenvalue weighted by Crippen LogP contribution is -2.50. The summed E-state index contributed by atoms with van der Waals surface area (Å²) >= 11 is 0. The highest BCUT2D eigenvalue weighted by molar-refractivity contribution is 5.33. The van der Waals surface area contributed by atoms with Gasteiger partial charge in [-0.3, -0.25) is 0 Å². The molecule has 0 amide bonds. The largest absolute Gasteiger partial charge is 0.394 e. The Kier molecular flexibility index (Phi) is 4.13. The van der Waals surface area contributed by atoms with E-state index in [0.717, 1.165) is 31.2 Å². The molecule has 0 heterocycles. The number of aliphatic hydroxyl groups excluding tert-OH is 1. The molecule has 2 saturated carbocycles. The number of hydrogen-bond donors (Lipinski definition) is 2. The average molecular weight is 273 g/mol. The quantitative estimate of drug-likeness (QED) is 0.859. The van der Waals surface area contributed by atoms with Crippen molar-refractivity contribution in [3.05, 3.63) is 35.4 Å². The highest BCUT2D eigenvalue weighted by Gasteiger charge is 2.33. The van der Waals surface area contributed by atoms with Gasteiger partial charge in [0.2, 0.25) is 0 Å². The van der Waals surface area contributed by atoms with E-state index in [-0.39, 0.29) is 12.1 Å². The van der Waals surface area contributed by atoms with E-state index in [4.69, 9.17) is 0 Å². The van der Waals surface area contributed by atoms with Crippen LogP contribution in [0, 0.1) is 5.92 Å². The molecular formula is C18H27NO. The van der Waals surface area contributed by atoms with Crippen LogP contribution in [0.1, 0.15) is 62.5 Å². The number of nitrogens with one attached hydrogen (secondary N) is 1. The van der Waals surface area contributed by atoms with Gasteiger partial charge in [-0.1, -0.05) is 31.2 Å². The van der Waals surface area contributed by atoms with E-state index in [1.54, 1.807) is 0 Å². The van der Waals surface area contributed by atoms with Gasteiger partial charge >= 0.3 is 0 Å². The first kappa shape index (κ1) is 14.1. The van der Waals surface area contributed by atoms with Crippen LogP contribution in [0.2, 0.25) is 0 Å². The third kappa shape index (κ3) is 3.07. The molecule has 0 spiro atoms. The molecule has 0 saturated heterocycles. The summed E-state index contributed by atoms with van der Waals surface area (Å²) in [7, 11) is 0. The zero-order valence-electron chi connectivity index (χ0n) is 12.6. The van der Waals surface area contributed by atoms with E-state index in [2.05, 4.69) is 36.5 Å².